The van der Waals surface area contributed by atoms with Gasteiger partial charge in [0.25, 0.3) is 0 Å². The van der Waals surface area contributed by atoms with Crippen LogP contribution in [0, 0.1) is 0 Å². The Morgan fingerprint density at radius 3 is 2.52 bits per heavy atom. The maximum Gasteiger partial charge on any atom is 0.224 e. The molecule has 0 aliphatic carbocycles. The monoisotopic (exact) mass is 355 g/mol. The van der Waals surface area contributed by atoms with E-state index in [4.69, 9.17) is 0 Å². The van der Waals surface area contributed by atoms with Gasteiger partial charge >= 0.3 is 0 Å². The smallest absolute Gasteiger partial charge is 0.224 e. The predicted molar refractivity (Wildman–Crippen MR) is 110 cm³/mol. The summed E-state index contributed by atoms with van der Waals surface area (Å²) in [5.74, 6) is 0.0421. The molecule has 2 aromatic heterocycles. The number of anilines is 1. The minimum atomic E-state index is 0.0421. The number of benzene rings is 2. The highest BCUT2D eigenvalue weighted by atomic mass is 16.1. The number of fused-ring (bicyclic) bond motifs is 1. The molecular weight excluding hydrogens is 334 g/mol. The van der Waals surface area contributed by atoms with Crippen LogP contribution in [0.15, 0.2) is 79.0 Å². The number of nitrogens with zero attached hydrogens (tertiary/aromatic N) is 1. The second-order valence-electron chi connectivity index (χ2n) is 6.51. The molecular formula is C23H21N3O. The van der Waals surface area contributed by atoms with Crippen molar-refractivity contribution in [3.8, 4) is 11.4 Å². The number of H-pyrrole nitrogens is 1. The summed E-state index contributed by atoms with van der Waals surface area (Å²) in [5, 5.41) is 4.14. The zero-order chi connectivity index (χ0) is 18.5. The molecule has 2 aromatic carbocycles. The predicted octanol–water partition coefficient (Wildman–Crippen LogP) is 5.19. The van der Waals surface area contributed by atoms with Gasteiger partial charge in [-0.2, -0.15) is 0 Å². The molecule has 2 heterocycles. The van der Waals surface area contributed by atoms with Crippen molar-refractivity contribution >= 4 is 22.5 Å². The third-order valence-electron chi connectivity index (χ3n) is 4.62. The van der Waals surface area contributed by atoms with Gasteiger partial charge in [-0.15, -0.1) is 0 Å². The first kappa shape index (κ1) is 17.0. The summed E-state index contributed by atoms with van der Waals surface area (Å²) in [5.41, 5.74) is 5.13. The largest absolute Gasteiger partial charge is 0.353 e. The average Bonchev–Trinajstić information content (AvgIpc) is 3.08. The third kappa shape index (κ3) is 3.90. The molecule has 4 rings (SSSR count). The lowest BCUT2D eigenvalue weighted by atomic mass is 10.0. The van der Waals surface area contributed by atoms with E-state index in [9.17, 15) is 4.79 Å². The van der Waals surface area contributed by atoms with Gasteiger partial charge in [-0.1, -0.05) is 42.5 Å². The van der Waals surface area contributed by atoms with Crippen LogP contribution in [-0.2, 0) is 11.2 Å². The average molecular weight is 355 g/mol. The Morgan fingerprint density at radius 1 is 0.926 bits per heavy atom. The normalized spacial score (nSPS) is 10.8. The van der Waals surface area contributed by atoms with Crippen LogP contribution >= 0.6 is 0 Å². The van der Waals surface area contributed by atoms with E-state index in [1.54, 1.807) is 6.20 Å². The Kier molecular flexibility index (Phi) is 4.97. The van der Waals surface area contributed by atoms with E-state index in [0.717, 1.165) is 35.4 Å². The fourth-order valence-electron chi connectivity index (χ4n) is 3.36. The Bertz CT molecular complexity index is 1040. The number of amides is 1. The minimum Gasteiger partial charge on any atom is -0.353 e. The number of hydrogen-bond acceptors (Lipinski definition) is 2. The second kappa shape index (κ2) is 7.87. The summed E-state index contributed by atoms with van der Waals surface area (Å²) >= 11 is 0. The van der Waals surface area contributed by atoms with Gasteiger partial charge in [0.1, 0.15) is 0 Å². The number of para-hydroxylation sites is 2. The summed E-state index contributed by atoms with van der Waals surface area (Å²) in [6.45, 7) is 0. The Hall–Kier alpha value is -3.40. The SMILES string of the molecule is O=C(CCCc1c(-c2ccccn2)[nH]c2ccccc12)Nc1ccccc1. The van der Waals surface area contributed by atoms with Crippen LogP contribution in [-0.4, -0.2) is 15.9 Å². The fourth-order valence-corrected chi connectivity index (χ4v) is 3.36. The van der Waals surface area contributed by atoms with Gasteiger partial charge in [0.15, 0.2) is 0 Å². The maximum atomic E-state index is 12.2. The van der Waals surface area contributed by atoms with Crippen molar-refractivity contribution in [2.45, 2.75) is 19.3 Å². The topological polar surface area (TPSA) is 57.8 Å². The van der Waals surface area contributed by atoms with Gasteiger partial charge in [0.05, 0.1) is 11.4 Å². The number of carbonyl (C=O) groups excluding carboxylic acids is 1. The van der Waals surface area contributed by atoms with Gasteiger partial charge in [0, 0.05) is 29.2 Å². The molecule has 0 aliphatic heterocycles. The van der Waals surface area contributed by atoms with Crippen LogP contribution in [0.4, 0.5) is 5.69 Å². The van der Waals surface area contributed by atoms with Gasteiger partial charge < -0.3 is 10.3 Å². The summed E-state index contributed by atoms with van der Waals surface area (Å²) < 4.78 is 0. The molecule has 0 aliphatic rings. The van der Waals surface area contributed by atoms with Crippen molar-refractivity contribution in [3.63, 3.8) is 0 Å². The number of aryl methyl sites for hydroxylation is 1. The van der Waals surface area contributed by atoms with Crippen LogP contribution < -0.4 is 5.32 Å². The molecule has 0 fully saturated rings. The molecule has 0 unspecified atom stereocenters. The van der Waals surface area contributed by atoms with E-state index < -0.39 is 0 Å². The first-order valence-electron chi connectivity index (χ1n) is 9.17. The zero-order valence-corrected chi connectivity index (χ0v) is 15.0. The summed E-state index contributed by atoms with van der Waals surface area (Å²) in [7, 11) is 0. The number of aromatic nitrogens is 2. The second-order valence-corrected chi connectivity index (χ2v) is 6.51. The highest BCUT2D eigenvalue weighted by molar-refractivity contribution is 5.91. The first-order valence-corrected chi connectivity index (χ1v) is 9.17. The molecule has 0 saturated carbocycles. The van der Waals surface area contributed by atoms with Gasteiger partial charge in [-0.3, -0.25) is 9.78 Å². The van der Waals surface area contributed by atoms with Gasteiger partial charge in [-0.25, -0.2) is 0 Å². The maximum absolute atomic E-state index is 12.2. The van der Waals surface area contributed by atoms with Crippen molar-refractivity contribution in [1.29, 1.82) is 0 Å². The first-order chi connectivity index (χ1) is 13.3. The number of pyridine rings is 1. The quantitative estimate of drug-likeness (QED) is 0.500. The molecule has 134 valence electrons. The van der Waals surface area contributed by atoms with Crippen LogP contribution in [0.25, 0.3) is 22.3 Å². The number of carbonyl (C=O) groups is 1. The highest BCUT2D eigenvalue weighted by Crippen LogP contribution is 2.30. The number of hydrogen-bond donors (Lipinski definition) is 2. The van der Waals surface area contributed by atoms with Crippen molar-refractivity contribution in [1.82, 2.24) is 9.97 Å². The van der Waals surface area contributed by atoms with E-state index in [2.05, 4.69) is 27.4 Å². The number of aromatic amines is 1. The summed E-state index contributed by atoms with van der Waals surface area (Å²) in [6.07, 6.45) is 3.88. The fraction of sp³-hybridized carbons (Fsp3) is 0.130. The molecule has 27 heavy (non-hydrogen) atoms. The molecule has 4 aromatic rings. The minimum absolute atomic E-state index is 0.0421. The Balaban J connectivity index is 1.50. The highest BCUT2D eigenvalue weighted by Gasteiger charge is 2.14. The third-order valence-corrected chi connectivity index (χ3v) is 4.62. The molecule has 0 radical (unpaired) electrons. The molecule has 0 saturated heterocycles. The Morgan fingerprint density at radius 2 is 1.70 bits per heavy atom. The molecule has 0 atom stereocenters. The Labute approximate surface area is 158 Å². The van der Waals surface area contributed by atoms with Crippen LogP contribution in [0.3, 0.4) is 0 Å². The van der Waals surface area contributed by atoms with Crippen LogP contribution in [0.1, 0.15) is 18.4 Å². The summed E-state index contributed by atoms with van der Waals surface area (Å²) in [4.78, 5) is 20.2. The summed E-state index contributed by atoms with van der Waals surface area (Å²) in [6, 6.07) is 23.8. The lowest BCUT2D eigenvalue weighted by Gasteiger charge is -2.06. The van der Waals surface area contributed by atoms with Crippen molar-refractivity contribution < 1.29 is 4.79 Å². The van der Waals surface area contributed by atoms with Crippen molar-refractivity contribution in [2.75, 3.05) is 5.32 Å². The molecule has 0 bridgehead atoms. The molecule has 4 heteroatoms. The molecule has 1 amide bonds. The van der Waals surface area contributed by atoms with E-state index >= 15 is 0 Å². The van der Waals surface area contributed by atoms with Crippen LogP contribution in [0.2, 0.25) is 0 Å². The standard InChI is InChI=1S/C23H21N3O/c27-22(25-17-9-2-1-3-10-17)15-8-12-19-18-11-4-5-13-20(18)26-23(19)21-14-6-7-16-24-21/h1-7,9-11,13-14,16,26H,8,12,15H2,(H,25,27). The van der Waals surface area contributed by atoms with E-state index in [1.165, 1.54) is 10.9 Å². The lowest BCUT2D eigenvalue weighted by molar-refractivity contribution is -0.116. The molecule has 0 spiro atoms. The number of rotatable bonds is 6. The van der Waals surface area contributed by atoms with Crippen LogP contribution in [0.5, 0.6) is 0 Å². The van der Waals surface area contributed by atoms with Gasteiger partial charge in [-0.05, 0) is 48.7 Å². The number of nitrogens with one attached hydrogen (secondary N) is 2. The van der Waals surface area contributed by atoms with Gasteiger partial charge in [0.2, 0.25) is 5.91 Å². The molecule has 4 nitrogen and oxygen atoms in total. The van der Waals surface area contributed by atoms with E-state index in [-0.39, 0.29) is 5.91 Å². The van der Waals surface area contributed by atoms with E-state index in [1.807, 2.05) is 60.7 Å². The molecule has 2 N–H and O–H groups in total. The van der Waals surface area contributed by atoms with Crippen molar-refractivity contribution in [3.05, 3.63) is 84.6 Å². The van der Waals surface area contributed by atoms with E-state index in [0.29, 0.717) is 6.42 Å². The lowest BCUT2D eigenvalue weighted by Crippen LogP contribution is -2.11. The zero-order valence-electron chi connectivity index (χ0n) is 15.0. The van der Waals surface area contributed by atoms with Crippen molar-refractivity contribution in [2.24, 2.45) is 0 Å².